The van der Waals surface area contributed by atoms with Crippen LogP contribution in [-0.4, -0.2) is 87.8 Å². The van der Waals surface area contributed by atoms with Crippen LogP contribution in [0.2, 0.25) is 0 Å². The number of aromatic amines is 1. The summed E-state index contributed by atoms with van der Waals surface area (Å²) in [5.41, 5.74) is -0.234. The maximum absolute atomic E-state index is 13.0. The van der Waals surface area contributed by atoms with Crippen molar-refractivity contribution in [2.24, 2.45) is 0 Å². The Hall–Kier alpha value is -3.29. The Balaban J connectivity index is 3.02. The molecule has 0 bridgehead atoms. The summed E-state index contributed by atoms with van der Waals surface area (Å²) in [4.78, 5) is 68.3. The number of carbonyl (C=O) groups is 5. The van der Waals surface area contributed by atoms with E-state index in [0.29, 0.717) is 11.4 Å². The number of hydrogen-bond donors (Lipinski definition) is 5. The van der Waals surface area contributed by atoms with Crippen molar-refractivity contribution in [1.29, 1.82) is 0 Å². The van der Waals surface area contributed by atoms with E-state index in [9.17, 15) is 24.0 Å². The molecule has 14 heteroatoms. The zero-order valence-corrected chi connectivity index (χ0v) is 21.9. The highest BCUT2D eigenvalue weighted by molar-refractivity contribution is 7.98. The van der Waals surface area contributed by atoms with E-state index in [4.69, 9.17) is 14.6 Å². The molecule has 0 aromatic carbocycles. The van der Waals surface area contributed by atoms with Crippen molar-refractivity contribution in [2.75, 3.05) is 19.1 Å². The first-order valence-electron chi connectivity index (χ1n) is 11.2. The van der Waals surface area contributed by atoms with Gasteiger partial charge >= 0.3 is 18.0 Å². The van der Waals surface area contributed by atoms with Crippen LogP contribution in [0.4, 0.5) is 4.79 Å². The van der Waals surface area contributed by atoms with E-state index >= 15 is 0 Å². The summed E-state index contributed by atoms with van der Waals surface area (Å²) < 4.78 is 9.97. The number of hydrogen-bond acceptors (Lipinski definition) is 9. The number of ether oxygens (including phenoxy) is 2. The minimum atomic E-state index is -1.29. The number of aromatic nitrogens is 2. The lowest BCUT2D eigenvalue weighted by Gasteiger charge is -2.26. The normalized spacial score (nSPS) is 13.6. The summed E-state index contributed by atoms with van der Waals surface area (Å²) >= 11 is 1.45. The van der Waals surface area contributed by atoms with Crippen LogP contribution in [0.3, 0.4) is 0 Å². The maximum atomic E-state index is 13.0. The number of H-pyrrole nitrogens is 1. The monoisotopic (exact) mass is 529 g/mol. The van der Waals surface area contributed by atoms with Crippen molar-refractivity contribution >= 4 is 41.6 Å². The van der Waals surface area contributed by atoms with Crippen LogP contribution in [0, 0.1) is 0 Å². The van der Waals surface area contributed by atoms with Gasteiger partial charge in [-0.25, -0.2) is 14.6 Å². The summed E-state index contributed by atoms with van der Waals surface area (Å²) in [6, 6.07) is -3.44. The molecule has 1 aromatic rings. The Bertz CT molecular complexity index is 887. The number of thioether (sulfide) groups is 1. The molecule has 3 atom stereocenters. The highest BCUT2D eigenvalue weighted by Crippen LogP contribution is 2.09. The fourth-order valence-electron chi connectivity index (χ4n) is 2.99. The van der Waals surface area contributed by atoms with Gasteiger partial charge in [0.25, 0.3) is 0 Å². The van der Waals surface area contributed by atoms with Crippen molar-refractivity contribution in [3.8, 4) is 0 Å². The molecule has 36 heavy (non-hydrogen) atoms. The van der Waals surface area contributed by atoms with E-state index in [1.54, 1.807) is 20.8 Å². The number of carbonyl (C=O) groups excluding carboxylic acids is 4. The minimum Gasteiger partial charge on any atom is -0.481 e. The van der Waals surface area contributed by atoms with Gasteiger partial charge in [0.2, 0.25) is 11.8 Å². The van der Waals surface area contributed by atoms with Gasteiger partial charge in [0.15, 0.2) is 0 Å². The average Bonchev–Trinajstić information content (AvgIpc) is 3.29. The molecule has 0 unspecified atom stereocenters. The van der Waals surface area contributed by atoms with Crippen LogP contribution in [0.5, 0.6) is 0 Å². The Labute approximate surface area is 213 Å². The maximum Gasteiger partial charge on any atom is 0.408 e. The average molecular weight is 530 g/mol. The summed E-state index contributed by atoms with van der Waals surface area (Å²) in [5, 5.41) is 16.6. The van der Waals surface area contributed by atoms with Crippen LogP contribution in [-0.2, 0) is 35.1 Å². The highest BCUT2D eigenvalue weighted by atomic mass is 32.2. The number of amides is 3. The molecule has 202 valence electrons. The van der Waals surface area contributed by atoms with Gasteiger partial charge in [-0.1, -0.05) is 0 Å². The van der Waals surface area contributed by atoms with Crippen LogP contribution in [0.15, 0.2) is 12.5 Å². The topological polar surface area (TPSA) is 189 Å². The first-order valence-corrected chi connectivity index (χ1v) is 12.6. The summed E-state index contributed by atoms with van der Waals surface area (Å²) in [7, 11) is 1.16. The molecule has 0 radical (unpaired) electrons. The summed E-state index contributed by atoms with van der Waals surface area (Å²) in [6.07, 6.45) is 3.53. The largest absolute Gasteiger partial charge is 0.481 e. The van der Waals surface area contributed by atoms with Crippen LogP contribution < -0.4 is 16.0 Å². The molecule has 3 amide bonds. The molecule has 0 aliphatic carbocycles. The van der Waals surface area contributed by atoms with Gasteiger partial charge < -0.3 is 35.5 Å². The van der Waals surface area contributed by atoms with Crippen molar-refractivity contribution < 1.29 is 38.6 Å². The van der Waals surface area contributed by atoms with Crippen molar-refractivity contribution in [2.45, 2.75) is 70.2 Å². The molecular weight excluding hydrogens is 494 g/mol. The molecule has 0 saturated carbocycles. The Kier molecular flexibility index (Phi) is 12.8. The van der Waals surface area contributed by atoms with Crippen molar-refractivity contribution in [3.63, 3.8) is 0 Å². The number of esters is 1. The van der Waals surface area contributed by atoms with E-state index in [1.165, 1.54) is 24.3 Å². The number of methoxy groups -OCH3 is 1. The van der Waals surface area contributed by atoms with Gasteiger partial charge in [0.1, 0.15) is 23.7 Å². The first-order chi connectivity index (χ1) is 16.9. The molecule has 0 spiro atoms. The lowest BCUT2D eigenvalue weighted by atomic mass is 10.1. The van der Waals surface area contributed by atoms with E-state index in [2.05, 4.69) is 25.9 Å². The second-order valence-corrected chi connectivity index (χ2v) is 9.82. The SMILES string of the molecule is COC(=O)[C@H](Cc1cnc[nH]1)NC(=O)[C@H](CCC(=O)O)NC(=O)[C@H](CCSC)NC(=O)OC(C)(C)C. The third kappa shape index (κ3) is 11.9. The predicted octanol–water partition coefficient (Wildman–Crippen LogP) is 0.606. The molecule has 0 fully saturated rings. The Morgan fingerprint density at radius 2 is 1.67 bits per heavy atom. The Morgan fingerprint density at radius 3 is 2.17 bits per heavy atom. The second-order valence-electron chi connectivity index (χ2n) is 8.84. The van der Waals surface area contributed by atoms with E-state index in [0.717, 1.165) is 7.11 Å². The van der Waals surface area contributed by atoms with Gasteiger partial charge in [0.05, 0.1) is 13.4 Å². The summed E-state index contributed by atoms with van der Waals surface area (Å²) in [6.45, 7) is 5.03. The molecule has 0 aliphatic rings. The zero-order valence-electron chi connectivity index (χ0n) is 21.1. The van der Waals surface area contributed by atoms with Gasteiger partial charge in [-0.05, 0) is 45.6 Å². The fourth-order valence-corrected chi connectivity index (χ4v) is 3.46. The molecule has 1 aromatic heterocycles. The first kappa shape index (κ1) is 30.7. The lowest BCUT2D eigenvalue weighted by Crippen LogP contribution is -2.56. The van der Waals surface area contributed by atoms with Gasteiger partial charge in [-0.3, -0.25) is 14.4 Å². The van der Waals surface area contributed by atoms with Crippen molar-refractivity contribution in [1.82, 2.24) is 25.9 Å². The van der Waals surface area contributed by atoms with Crippen molar-refractivity contribution in [3.05, 3.63) is 18.2 Å². The molecule has 1 heterocycles. The van der Waals surface area contributed by atoms with E-state index in [-0.39, 0.29) is 19.3 Å². The molecule has 1 rings (SSSR count). The molecule has 0 saturated heterocycles. The van der Waals surface area contributed by atoms with Gasteiger partial charge in [-0.15, -0.1) is 0 Å². The standard InChI is InChI=1S/C22H35N5O8S/c1-22(2,3)35-21(33)27-15(8-9-36-5)19(31)25-14(6-7-17(28)29)18(30)26-16(20(32)34-4)10-13-11-23-12-24-13/h11-12,14-16H,6-10H2,1-5H3,(H,23,24)(H,25,31)(H,26,30)(H,27,33)(H,28,29)/t14-,15-,16-/m0/s1. The quantitative estimate of drug-likeness (QED) is 0.213. The van der Waals surface area contributed by atoms with Crippen LogP contribution in [0.25, 0.3) is 0 Å². The number of imidazole rings is 1. The number of carboxylic acid groups (broad SMARTS) is 1. The predicted molar refractivity (Wildman–Crippen MR) is 131 cm³/mol. The number of nitrogens with one attached hydrogen (secondary N) is 4. The zero-order chi connectivity index (χ0) is 27.3. The minimum absolute atomic E-state index is 0.0363. The smallest absolute Gasteiger partial charge is 0.408 e. The van der Waals surface area contributed by atoms with Gasteiger partial charge in [-0.2, -0.15) is 11.8 Å². The van der Waals surface area contributed by atoms with Crippen LogP contribution in [0.1, 0.15) is 45.7 Å². The molecule has 13 nitrogen and oxygen atoms in total. The van der Waals surface area contributed by atoms with Gasteiger partial charge in [0, 0.05) is 24.7 Å². The number of alkyl carbamates (subject to hydrolysis) is 1. The van der Waals surface area contributed by atoms with E-state index < -0.39 is 60.0 Å². The van der Waals surface area contributed by atoms with E-state index in [1.807, 2.05) is 6.26 Å². The number of rotatable bonds is 14. The molecular formula is C22H35N5O8S. The number of nitrogens with zero attached hydrogens (tertiary/aromatic N) is 1. The third-order valence-electron chi connectivity index (χ3n) is 4.68. The highest BCUT2D eigenvalue weighted by Gasteiger charge is 2.31. The molecule has 5 N–H and O–H groups in total. The number of aliphatic carboxylic acids is 1. The summed E-state index contributed by atoms with van der Waals surface area (Å²) in [5.74, 6) is -2.85. The molecule has 0 aliphatic heterocycles. The van der Waals surface area contributed by atoms with Crippen LogP contribution >= 0.6 is 11.8 Å². The second kappa shape index (κ2) is 15.0. The third-order valence-corrected chi connectivity index (χ3v) is 5.32. The lowest BCUT2D eigenvalue weighted by molar-refractivity contribution is -0.145. The Morgan fingerprint density at radius 1 is 1.06 bits per heavy atom. The fraction of sp³-hybridized carbons (Fsp3) is 0.636. The number of carboxylic acids is 1.